The number of hydrogen-bond donors (Lipinski definition) is 2. The Hall–Kier alpha value is -2.66. The molecule has 0 spiro atoms. The van der Waals surface area contributed by atoms with Crippen LogP contribution in [0.15, 0.2) is 18.6 Å². The van der Waals surface area contributed by atoms with Crippen LogP contribution >= 0.6 is 0 Å². The molecule has 0 aliphatic carbocycles. The van der Waals surface area contributed by atoms with E-state index in [0.29, 0.717) is 23.7 Å². The normalized spacial score (nSPS) is 18.2. The molecular weight excluding hydrogens is 256 g/mol. The lowest BCUT2D eigenvalue weighted by molar-refractivity contribution is 0.750. The molecule has 20 heavy (non-hydrogen) atoms. The SMILES string of the molecule is N#Cc1c(N2CCC(N)C2)nn(-c2ccncn2)c1N. The minimum atomic E-state index is 0.104. The van der Waals surface area contributed by atoms with E-state index < -0.39 is 0 Å². The van der Waals surface area contributed by atoms with Gasteiger partial charge in [-0.15, -0.1) is 5.10 Å². The van der Waals surface area contributed by atoms with Gasteiger partial charge in [0.2, 0.25) is 0 Å². The number of nitriles is 1. The monoisotopic (exact) mass is 270 g/mol. The Balaban J connectivity index is 2.06. The van der Waals surface area contributed by atoms with E-state index in [-0.39, 0.29) is 11.9 Å². The zero-order valence-electron chi connectivity index (χ0n) is 10.8. The molecule has 0 radical (unpaired) electrons. The highest BCUT2D eigenvalue weighted by Gasteiger charge is 2.27. The first-order valence-electron chi connectivity index (χ1n) is 6.26. The smallest absolute Gasteiger partial charge is 0.171 e. The van der Waals surface area contributed by atoms with E-state index in [1.807, 2.05) is 4.90 Å². The molecule has 0 amide bonds. The van der Waals surface area contributed by atoms with E-state index in [0.717, 1.165) is 13.0 Å². The number of nitrogens with zero attached hydrogens (tertiary/aromatic N) is 6. The maximum Gasteiger partial charge on any atom is 0.171 e. The lowest BCUT2D eigenvalue weighted by Crippen LogP contribution is -2.27. The molecule has 8 heteroatoms. The van der Waals surface area contributed by atoms with Gasteiger partial charge in [0.25, 0.3) is 0 Å². The predicted molar refractivity (Wildman–Crippen MR) is 73.1 cm³/mol. The number of nitrogens with two attached hydrogens (primary N) is 2. The van der Waals surface area contributed by atoms with E-state index in [2.05, 4.69) is 21.1 Å². The van der Waals surface area contributed by atoms with Crippen LogP contribution < -0.4 is 16.4 Å². The van der Waals surface area contributed by atoms with Gasteiger partial charge in [-0.2, -0.15) is 9.94 Å². The third-order valence-corrected chi connectivity index (χ3v) is 3.32. The van der Waals surface area contributed by atoms with Crippen LogP contribution in [0.25, 0.3) is 5.82 Å². The van der Waals surface area contributed by atoms with Gasteiger partial charge in [0.1, 0.15) is 23.8 Å². The fourth-order valence-electron chi connectivity index (χ4n) is 2.31. The fourth-order valence-corrected chi connectivity index (χ4v) is 2.31. The summed E-state index contributed by atoms with van der Waals surface area (Å²) < 4.78 is 1.46. The first kappa shape index (κ1) is 12.4. The second kappa shape index (κ2) is 4.79. The molecule has 8 nitrogen and oxygen atoms in total. The van der Waals surface area contributed by atoms with Crippen molar-refractivity contribution in [2.24, 2.45) is 5.73 Å². The van der Waals surface area contributed by atoms with Crippen molar-refractivity contribution in [3.05, 3.63) is 24.2 Å². The summed E-state index contributed by atoms with van der Waals surface area (Å²) in [6.07, 6.45) is 3.89. The van der Waals surface area contributed by atoms with Crippen LogP contribution in [0.1, 0.15) is 12.0 Å². The molecule has 4 N–H and O–H groups in total. The van der Waals surface area contributed by atoms with Crippen molar-refractivity contribution in [1.82, 2.24) is 19.7 Å². The van der Waals surface area contributed by atoms with Crippen molar-refractivity contribution >= 4 is 11.6 Å². The van der Waals surface area contributed by atoms with Crippen LogP contribution in [0.5, 0.6) is 0 Å². The van der Waals surface area contributed by atoms with E-state index >= 15 is 0 Å². The van der Waals surface area contributed by atoms with Crippen molar-refractivity contribution in [2.45, 2.75) is 12.5 Å². The number of anilines is 2. The van der Waals surface area contributed by atoms with Gasteiger partial charge < -0.3 is 16.4 Å². The van der Waals surface area contributed by atoms with E-state index in [4.69, 9.17) is 11.5 Å². The molecule has 0 aromatic carbocycles. The summed E-state index contributed by atoms with van der Waals surface area (Å²) in [6, 6.07) is 3.90. The molecule has 1 aliphatic heterocycles. The van der Waals surface area contributed by atoms with Crippen LogP contribution in [0, 0.1) is 11.3 Å². The summed E-state index contributed by atoms with van der Waals surface area (Å²) in [5, 5.41) is 13.7. The van der Waals surface area contributed by atoms with Crippen molar-refractivity contribution in [3.8, 4) is 11.9 Å². The third kappa shape index (κ3) is 1.94. The molecule has 3 heterocycles. The van der Waals surface area contributed by atoms with Crippen molar-refractivity contribution < 1.29 is 0 Å². The summed E-state index contributed by atoms with van der Waals surface area (Å²) in [4.78, 5) is 9.93. The van der Waals surface area contributed by atoms with Gasteiger partial charge in [-0.1, -0.05) is 0 Å². The average Bonchev–Trinajstić information content (AvgIpc) is 3.03. The highest BCUT2D eigenvalue weighted by atomic mass is 15.4. The zero-order chi connectivity index (χ0) is 14.1. The van der Waals surface area contributed by atoms with Crippen molar-refractivity contribution in [3.63, 3.8) is 0 Å². The average molecular weight is 270 g/mol. The minimum Gasteiger partial charge on any atom is -0.382 e. The standard InChI is InChI=1S/C12H14N8/c13-5-9-11(15)20(10-1-3-16-7-17-10)18-12(9)19-4-2-8(14)6-19/h1,3,7-8H,2,4,6,14-15H2. The van der Waals surface area contributed by atoms with Crippen LogP contribution in [-0.2, 0) is 0 Å². The lowest BCUT2D eigenvalue weighted by Gasteiger charge is -2.14. The van der Waals surface area contributed by atoms with Gasteiger partial charge in [0, 0.05) is 31.4 Å². The van der Waals surface area contributed by atoms with Crippen LogP contribution in [-0.4, -0.2) is 38.9 Å². The zero-order valence-corrected chi connectivity index (χ0v) is 10.8. The Morgan fingerprint density at radius 2 is 2.30 bits per heavy atom. The second-order valence-corrected chi connectivity index (χ2v) is 4.67. The largest absolute Gasteiger partial charge is 0.382 e. The Bertz CT molecular complexity index is 656. The van der Waals surface area contributed by atoms with Crippen LogP contribution in [0.4, 0.5) is 11.6 Å². The molecule has 0 saturated carbocycles. The second-order valence-electron chi connectivity index (χ2n) is 4.67. The predicted octanol–water partition coefficient (Wildman–Crippen LogP) is -0.346. The Morgan fingerprint density at radius 3 is 2.90 bits per heavy atom. The topological polar surface area (TPSA) is 123 Å². The molecule has 1 saturated heterocycles. The van der Waals surface area contributed by atoms with Crippen molar-refractivity contribution in [1.29, 1.82) is 5.26 Å². The van der Waals surface area contributed by atoms with Crippen LogP contribution in [0.2, 0.25) is 0 Å². The summed E-state index contributed by atoms with van der Waals surface area (Å²) in [5.41, 5.74) is 12.3. The van der Waals surface area contributed by atoms with Gasteiger partial charge >= 0.3 is 0 Å². The van der Waals surface area contributed by atoms with Gasteiger partial charge in [-0.05, 0) is 6.42 Å². The molecule has 2 aromatic rings. The summed E-state index contributed by atoms with van der Waals surface area (Å²) in [7, 11) is 0. The van der Waals surface area contributed by atoms with Crippen molar-refractivity contribution in [2.75, 3.05) is 23.7 Å². The van der Waals surface area contributed by atoms with E-state index in [1.54, 1.807) is 12.3 Å². The van der Waals surface area contributed by atoms with Gasteiger partial charge in [-0.25, -0.2) is 9.97 Å². The molecule has 102 valence electrons. The Morgan fingerprint density at radius 1 is 1.45 bits per heavy atom. The first-order valence-corrected chi connectivity index (χ1v) is 6.26. The number of hydrogen-bond acceptors (Lipinski definition) is 7. The minimum absolute atomic E-state index is 0.104. The molecular formula is C12H14N8. The molecule has 0 bridgehead atoms. The van der Waals surface area contributed by atoms with E-state index in [1.165, 1.54) is 11.0 Å². The molecule has 3 rings (SSSR count). The number of rotatable bonds is 2. The number of aromatic nitrogens is 4. The van der Waals surface area contributed by atoms with Gasteiger partial charge in [-0.3, -0.25) is 0 Å². The molecule has 1 aliphatic rings. The maximum atomic E-state index is 9.31. The molecule has 1 fully saturated rings. The maximum absolute atomic E-state index is 9.31. The Labute approximate surface area is 115 Å². The highest BCUT2D eigenvalue weighted by molar-refractivity contribution is 5.67. The highest BCUT2D eigenvalue weighted by Crippen LogP contribution is 2.28. The third-order valence-electron chi connectivity index (χ3n) is 3.32. The molecule has 1 atom stereocenters. The summed E-state index contributed by atoms with van der Waals surface area (Å²) >= 11 is 0. The fraction of sp³-hybridized carbons (Fsp3) is 0.333. The summed E-state index contributed by atoms with van der Waals surface area (Å²) in [5.74, 6) is 1.38. The van der Waals surface area contributed by atoms with Crippen LogP contribution in [0.3, 0.4) is 0 Å². The van der Waals surface area contributed by atoms with Gasteiger partial charge in [0.15, 0.2) is 11.6 Å². The first-order chi connectivity index (χ1) is 9.70. The summed E-state index contributed by atoms with van der Waals surface area (Å²) in [6.45, 7) is 1.45. The van der Waals surface area contributed by atoms with E-state index in [9.17, 15) is 5.26 Å². The van der Waals surface area contributed by atoms with Gasteiger partial charge in [0.05, 0.1) is 0 Å². The Kier molecular flexibility index (Phi) is 2.96. The lowest BCUT2D eigenvalue weighted by atomic mass is 10.3. The number of nitrogen functional groups attached to an aromatic ring is 1. The quantitative estimate of drug-likeness (QED) is 0.764. The molecule has 1 unspecified atom stereocenters. The molecule has 2 aromatic heterocycles.